The minimum Gasteiger partial charge on any atom is -0.302 e. The summed E-state index contributed by atoms with van der Waals surface area (Å²) in [5.74, 6) is -0.237. The van der Waals surface area contributed by atoms with E-state index >= 15 is 0 Å². The summed E-state index contributed by atoms with van der Waals surface area (Å²) in [6.07, 6.45) is 1.80. The van der Waals surface area contributed by atoms with Crippen molar-refractivity contribution in [3.63, 3.8) is 0 Å². The minimum absolute atomic E-state index is 0.140. The van der Waals surface area contributed by atoms with Gasteiger partial charge in [-0.15, -0.1) is 11.3 Å². The number of rotatable bonds is 4. The first kappa shape index (κ1) is 13.6. The molecule has 0 radical (unpaired) electrons. The lowest BCUT2D eigenvalue weighted by atomic mass is 10.1. The molecular formula is C13H14BrFN2S. The second-order valence-electron chi connectivity index (χ2n) is 4.15. The van der Waals surface area contributed by atoms with Crippen LogP contribution >= 0.6 is 27.3 Å². The lowest BCUT2D eigenvalue weighted by molar-refractivity contribution is 0.492. The second kappa shape index (κ2) is 5.91. The van der Waals surface area contributed by atoms with Crippen molar-refractivity contribution < 1.29 is 4.39 Å². The van der Waals surface area contributed by atoms with Crippen molar-refractivity contribution in [2.75, 3.05) is 0 Å². The molecule has 2 rings (SSSR count). The fraction of sp³-hybridized carbons (Fsp3) is 0.308. The third kappa shape index (κ3) is 3.16. The molecule has 0 amide bonds. The summed E-state index contributed by atoms with van der Waals surface area (Å²) in [6.45, 7) is 4.14. The summed E-state index contributed by atoms with van der Waals surface area (Å²) in [7, 11) is 0. The molecule has 0 aliphatic heterocycles. The van der Waals surface area contributed by atoms with Gasteiger partial charge in [0.1, 0.15) is 10.8 Å². The molecule has 2 atom stereocenters. The van der Waals surface area contributed by atoms with Crippen LogP contribution in [-0.2, 0) is 0 Å². The Morgan fingerprint density at radius 3 is 2.72 bits per heavy atom. The fourth-order valence-electron chi connectivity index (χ4n) is 1.77. The summed E-state index contributed by atoms with van der Waals surface area (Å²) in [5.41, 5.74) is 1.05. The summed E-state index contributed by atoms with van der Waals surface area (Å²) in [5, 5.41) is 6.47. The monoisotopic (exact) mass is 328 g/mol. The van der Waals surface area contributed by atoms with Gasteiger partial charge in [-0.3, -0.25) is 0 Å². The van der Waals surface area contributed by atoms with Crippen LogP contribution in [-0.4, -0.2) is 4.98 Å². The van der Waals surface area contributed by atoms with E-state index in [9.17, 15) is 4.39 Å². The van der Waals surface area contributed by atoms with Gasteiger partial charge in [0.25, 0.3) is 0 Å². The Labute approximate surface area is 118 Å². The number of hydrogen-bond donors (Lipinski definition) is 1. The van der Waals surface area contributed by atoms with Crippen molar-refractivity contribution >= 4 is 27.3 Å². The molecule has 0 spiro atoms. The SMILES string of the molecule is CC(NC(C)c1nccs1)c1ccc(F)c(Br)c1. The van der Waals surface area contributed by atoms with Crippen LogP contribution in [0.25, 0.3) is 0 Å². The minimum atomic E-state index is -0.237. The second-order valence-corrected chi connectivity index (χ2v) is 5.93. The molecule has 0 saturated heterocycles. The standard InChI is InChI=1S/C13H14BrFN2S/c1-8(10-3-4-12(15)11(14)7-10)17-9(2)13-16-5-6-18-13/h3-9,17H,1-2H3. The van der Waals surface area contributed by atoms with Gasteiger partial charge in [0, 0.05) is 17.6 Å². The molecule has 0 aliphatic carbocycles. The molecule has 0 saturated carbocycles. The highest BCUT2D eigenvalue weighted by molar-refractivity contribution is 9.10. The molecule has 2 aromatic rings. The first-order valence-corrected chi connectivity index (χ1v) is 7.35. The maximum Gasteiger partial charge on any atom is 0.137 e. The summed E-state index contributed by atoms with van der Waals surface area (Å²) >= 11 is 4.84. The Bertz CT molecular complexity index is 516. The maximum absolute atomic E-state index is 13.2. The predicted octanol–water partition coefficient (Wildman–Crippen LogP) is 4.46. The molecule has 2 unspecified atom stereocenters. The topological polar surface area (TPSA) is 24.9 Å². The normalized spacial score (nSPS) is 14.4. The first-order valence-electron chi connectivity index (χ1n) is 5.68. The number of nitrogens with one attached hydrogen (secondary N) is 1. The molecule has 2 nitrogen and oxygen atoms in total. The van der Waals surface area contributed by atoms with E-state index in [1.165, 1.54) is 6.07 Å². The van der Waals surface area contributed by atoms with Crippen LogP contribution in [0.5, 0.6) is 0 Å². The average Bonchev–Trinajstić information content (AvgIpc) is 2.86. The molecule has 0 aliphatic rings. The van der Waals surface area contributed by atoms with Gasteiger partial charge >= 0.3 is 0 Å². The lowest BCUT2D eigenvalue weighted by Gasteiger charge is -2.19. The molecule has 1 aromatic carbocycles. The number of thiazole rings is 1. The van der Waals surface area contributed by atoms with Gasteiger partial charge in [-0.2, -0.15) is 0 Å². The van der Waals surface area contributed by atoms with Gasteiger partial charge in [-0.05, 0) is 47.5 Å². The highest BCUT2D eigenvalue weighted by atomic mass is 79.9. The predicted molar refractivity (Wildman–Crippen MR) is 76.2 cm³/mol. The van der Waals surface area contributed by atoms with Gasteiger partial charge in [0.15, 0.2) is 0 Å². The number of hydrogen-bond acceptors (Lipinski definition) is 3. The van der Waals surface area contributed by atoms with Gasteiger partial charge in [-0.1, -0.05) is 6.07 Å². The molecule has 5 heteroatoms. The van der Waals surface area contributed by atoms with Crippen molar-refractivity contribution in [2.45, 2.75) is 25.9 Å². The van der Waals surface area contributed by atoms with Crippen molar-refractivity contribution in [3.05, 3.63) is 50.6 Å². The molecule has 0 fully saturated rings. The van der Waals surface area contributed by atoms with Crippen LogP contribution in [0.1, 0.15) is 36.5 Å². The van der Waals surface area contributed by atoms with Crippen LogP contribution in [0.2, 0.25) is 0 Å². The van der Waals surface area contributed by atoms with Gasteiger partial charge in [0.05, 0.1) is 10.5 Å². The first-order chi connectivity index (χ1) is 8.58. The Morgan fingerprint density at radius 2 is 2.11 bits per heavy atom. The summed E-state index contributed by atoms with van der Waals surface area (Å²) in [6, 6.07) is 5.41. The van der Waals surface area contributed by atoms with E-state index in [2.05, 4.69) is 40.1 Å². The average molecular weight is 329 g/mol. The largest absolute Gasteiger partial charge is 0.302 e. The Hall–Kier alpha value is -0.780. The van der Waals surface area contributed by atoms with Crippen molar-refractivity contribution in [3.8, 4) is 0 Å². The molecule has 18 heavy (non-hydrogen) atoms. The molecule has 1 heterocycles. The number of aromatic nitrogens is 1. The van der Waals surface area contributed by atoms with Gasteiger partial charge in [0.2, 0.25) is 0 Å². The highest BCUT2D eigenvalue weighted by Crippen LogP contribution is 2.24. The van der Waals surface area contributed by atoms with Gasteiger partial charge < -0.3 is 5.32 Å². The summed E-state index contributed by atoms with van der Waals surface area (Å²) in [4.78, 5) is 4.28. The zero-order chi connectivity index (χ0) is 13.1. The van der Waals surface area contributed by atoms with Crippen LogP contribution in [0.4, 0.5) is 4.39 Å². The molecule has 96 valence electrons. The number of benzene rings is 1. The lowest BCUT2D eigenvalue weighted by Crippen LogP contribution is -2.22. The van der Waals surface area contributed by atoms with E-state index < -0.39 is 0 Å². The number of nitrogens with zero attached hydrogens (tertiary/aromatic N) is 1. The maximum atomic E-state index is 13.2. The quantitative estimate of drug-likeness (QED) is 0.896. The molecule has 1 aromatic heterocycles. The van der Waals surface area contributed by atoms with Crippen LogP contribution in [0, 0.1) is 5.82 Å². The van der Waals surface area contributed by atoms with E-state index in [0.717, 1.165) is 10.6 Å². The zero-order valence-electron chi connectivity index (χ0n) is 10.2. The van der Waals surface area contributed by atoms with Gasteiger partial charge in [-0.25, -0.2) is 9.37 Å². The van der Waals surface area contributed by atoms with Crippen LogP contribution in [0.15, 0.2) is 34.2 Å². The Morgan fingerprint density at radius 1 is 1.33 bits per heavy atom. The zero-order valence-corrected chi connectivity index (χ0v) is 12.6. The molecule has 1 N–H and O–H groups in total. The van der Waals surface area contributed by atoms with Crippen LogP contribution < -0.4 is 5.32 Å². The molecule has 0 bridgehead atoms. The smallest absolute Gasteiger partial charge is 0.137 e. The van der Waals surface area contributed by atoms with E-state index in [0.29, 0.717) is 4.47 Å². The third-order valence-corrected chi connectivity index (χ3v) is 4.33. The Kier molecular flexibility index (Phi) is 4.48. The van der Waals surface area contributed by atoms with Crippen molar-refractivity contribution in [2.24, 2.45) is 0 Å². The summed E-state index contributed by atoms with van der Waals surface area (Å²) < 4.78 is 13.7. The van der Waals surface area contributed by atoms with Crippen LogP contribution in [0.3, 0.4) is 0 Å². The van der Waals surface area contributed by atoms with E-state index in [1.807, 2.05) is 11.4 Å². The van der Waals surface area contributed by atoms with Crippen molar-refractivity contribution in [1.29, 1.82) is 0 Å². The van der Waals surface area contributed by atoms with E-state index in [4.69, 9.17) is 0 Å². The fourth-order valence-corrected chi connectivity index (χ4v) is 2.82. The molecular weight excluding hydrogens is 315 g/mol. The van der Waals surface area contributed by atoms with E-state index in [-0.39, 0.29) is 17.9 Å². The van der Waals surface area contributed by atoms with Crippen molar-refractivity contribution in [1.82, 2.24) is 10.3 Å². The number of halogens is 2. The highest BCUT2D eigenvalue weighted by Gasteiger charge is 2.13. The Balaban J connectivity index is 2.07. The third-order valence-electron chi connectivity index (χ3n) is 2.77. The van der Waals surface area contributed by atoms with E-state index in [1.54, 1.807) is 23.6 Å².